The Labute approximate surface area is 83.5 Å². The number of hydrogen-bond acceptors (Lipinski definition) is 5. The maximum Gasteiger partial charge on any atom is 0.246 e. The van der Waals surface area contributed by atoms with Crippen molar-refractivity contribution in [3.8, 4) is 0 Å². The van der Waals surface area contributed by atoms with E-state index in [0.717, 1.165) is 6.54 Å². The summed E-state index contributed by atoms with van der Waals surface area (Å²) < 4.78 is 5.10. The first-order valence-electron chi connectivity index (χ1n) is 4.79. The van der Waals surface area contributed by atoms with E-state index in [1.54, 1.807) is 0 Å². The maximum atomic E-state index is 8.70. The summed E-state index contributed by atoms with van der Waals surface area (Å²) in [6.45, 7) is 6.86. The van der Waals surface area contributed by atoms with Gasteiger partial charge in [-0.3, -0.25) is 0 Å². The molecule has 80 valence electrons. The lowest BCUT2D eigenvalue weighted by atomic mass is 10.1. The summed E-state index contributed by atoms with van der Waals surface area (Å²) in [6.07, 6.45) is 0.436. The van der Waals surface area contributed by atoms with Crippen molar-refractivity contribution in [1.82, 2.24) is 15.5 Å². The predicted molar refractivity (Wildman–Crippen MR) is 51.8 cm³/mol. The molecule has 0 aromatic carbocycles. The third-order valence-corrected chi connectivity index (χ3v) is 1.96. The Morgan fingerprint density at radius 1 is 1.50 bits per heavy atom. The van der Waals surface area contributed by atoms with Crippen molar-refractivity contribution in [1.29, 1.82) is 0 Å². The predicted octanol–water partition coefficient (Wildman–Crippen LogP) is 0.449. The van der Waals surface area contributed by atoms with E-state index in [9.17, 15) is 0 Å². The fourth-order valence-corrected chi connectivity index (χ4v) is 1.23. The van der Waals surface area contributed by atoms with Crippen LogP contribution in [-0.4, -0.2) is 28.4 Å². The Morgan fingerprint density at radius 3 is 2.79 bits per heavy atom. The van der Waals surface area contributed by atoms with Gasteiger partial charge >= 0.3 is 0 Å². The van der Waals surface area contributed by atoms with Crippen LogP contribution in [0.1, 0.15) is 32.5 Å². The van der Waals surface area contributed by atoms with Crippen LogP contribution in [0.2, 0.25) is 0 Å². The van der Waals surface area contributed by atoms with E-state index in [1.807, 2.05) is 20.8 Å². The Balaban J connectivity index is 2.74. The molecule has 0 aliphatic carbocycles. The summed E-state index contributed by atoms with van der Waals surface area (Å²) >= 11 is 0. The molecule has 1 heterocycles. The normalized spacial score (nSPS) is 12.0. The molecule has 0 aliphatic rings. The third kappa shape index (κ3) is 2.52. The molecule has 1 aromatic heterocycles. The van der Waals surface area contributed by atoms with Gasteiger partial charge in [-0.2, -0.15) is 4.98 Å². The van der Waals surface area contributed by atoms with Gasteiger partial charge in [-0.05, 0) is 20.4 Å². The molecule has 14 heavy (non-hydrogen) atoms. The largest absolute Gasteiger partial charge is 0.396 e. The molecule has 0 radical (unpaired) electrons. The number of hydrogen-bond donors (Lipinski definition) is 2. The Morgan fingerprint density at radius 2 is 2.21 bits per heavy atom. The average Bonchev–Trinajstić information content (AvgIpc) is 2.54. The lowest BCUT2D eigenvalue weighted by Gasteiger charge is -2.20. The maximum absolute atomic E-state index is 8.70. The number of nitrogens with one attached hydrogen (secondary N) is 1. The van der Waals surface area contributed by atoms with Crippen molar-refractivity contribution in [2.24, 2.45) is 0 Å². The van der Waals surface area contributed by atoms with E-state index < -0.39 is 0 Å². The minimum atomic E-state index is -0.310. The van der Waals surface area contributed by atoms with Gasteiger partial charge < -0.3 is 14.9 Å². The molecule has 1 rings (SSSR count). The smallest absolute Gasteiger partial charge is 0.246 e. The summed E-state index contributed by atoms with van der Waals surface area (Å²) in [4.78, 5) is 4.19. The van der Waals surface area contributed by atoms with E-state index >= 15 is 0 Å². The summed E-state index contributed by atoms with van der Waals surface area (Å²) in [5, 5.41) is 15.7. The molecular formula is C9H17N3O2. The second kappa shape index (κ2) is 4.52. The zero-order valence-electron chi connectivity index (χ0n) is 8.87. The van der Waals surface area contributed by atoms with E-state index in [4.69, 9.17) is 9.63 Å². The van der Waals surface area contributed by atoms with Crippen LogP contribution in [0, 0.1) is 0 Å². The van der Waals surface area contributed by atoms with Crippen LogP contribution in [0.3, 0.4) is 0 Å². The zero-order chi connectivity index (χ0) is 10.6. The quantitative estimate of drug-likeness (QED) is 0.720. The van der Waals surface area contributed by atoms with Gasteiger partial charge in [0, 0.05) is 6.42 Å². The van der Waals surface area contributed by atoms with E-state index in [-0.39, 0.29) is 12.1 Å². The highest BCUT2D eigenvalue weighted by atomic mass is 16.5. The van der Waals surface area contributed by atoms with Gasteiger partial charge in [0.05, 0.1) is 12.1 Å². The van der Waals surface area contributed by atoms with Crippen molar-refractivity contribution >= 4 is 0 Å². The highest BCUT2D eigenvalue weighted by Gasteiger charge is 2.25. The molecule has 0 saturated carbocycles. The van der Waals surface area contributed by atoms with Gasteiger partial charge in [0.1, 0.15) is 0 Å². The summed E-state index contributed by atoms with van der Waals surface area (Å²) in [6, 6.07) is 0. The van der Waals surface area contributed by atoms with E-state index in [0.29, 0.717) is 18.1 Å². The molecule has 0 unspecified atom stereocenters. The fraction of sp³-hybridized carbons (Fsp3) is 0.778. The Kier molecular flexibility index (Phi) is 3.60. The first kappa shape index (κ1) is 11.1. The molecule has 0 atom stereocenters. The van der Waals surface area contributed by atoms with Crippen LogP contribution in [0.5, 0.6) is 0 Å². The van der Waals surface area contributed by atoms with Crippen LogP contribution in [-0.2, 0) is 12.0 Å². The SMILES string of the molecule is CCNC(C)(C)c1nc(CCO)no1. The molecule has 1 aromatic rings. The first-order chi connectivity index (χ1) is 6.60. The number of nitrogens with zero attached hydrogens (tertiary/aromatic N) is 2. The first-order valence-corrected chi connectivity index (χ1v) is 4.79. The second-order valence-corrected chi connectivity index (χ2v) is 3.64. The highest BCUT2D eigenvalue weighted by Crippen LogP contribution is 2.17. The van der Waals surface area contributed by atoms with Crippen LogP contribution < -0.4 is 5.32 Å². The summed E-state index contributed by atoms with van der Waals surface area (Å²) in [7, 11) is 0. The van der Waals surface area contributed by atoms with E-state index in [2.05, 4.69) is 15.5 Å². The lowest BCUT2D eigenvalue weighted by molar-refractivity contribution is 0.268. The average molecular weight is 199 g/mol. The van der Waals surface area contributed by atoms with Crippen LogP contribution in [0.4, 0.5) is 0 Å². The molecule has 0 bridgehead atoms. The Hall–Kier alpha value is -0.940. The van der Waals surface area contributed by atoms with Gasteiger partial charge in [-0.25, -0.2) is 0 Å². The number of rotatable bonds is 5. The highest BCUT2D eigenvalue weighted by molar-refractivity contribution is 4.99. The molecule has 0 saturated heterocycles. The van der Waals surface area contributed by atoms with Crippen molar-refractivity contribution in [3.63, 3.8) is 0 Å². The molecular weight excluding hydrogens is 182 g/mol. The van der Waals surface area contributed by atoms with Gasteiger partial charge in [0.25, 0.3) is 0 Å². The Bertz CT molecular complexity index is 283. The lowest BCUT2D eigenvalue weighted by Crippen LogP contribution is -2.36. The van der Waals surface area contributed by atoms with Gasteiger partial charge in [0.15, 0.2) is 5.82 Å². The number of aliphatic hydroxyl groups excluding tert-OH is 1. The molecule has 0 aliphatic heterocycles. The second-order valence-electron chi connectivity index (χ2n) is 3.64. The molecule has 0 fully saturated rings. The number of aliphatic hydroxyl groups is 1. The molecule has 0 amide bonds. The third-order valence-electron chi connectivity index (χ3n) is 1.96. The molecule has 0 spiro atoms. The van der Waals surface area contributed by atoms with Crippen molar-refractivity contribution < 1.29 is 9.63 Å². The minimum Gasteiger partial charge on any atom is -0.396 e. The standard InChI is InChI=1S/C9H17N3O2/c1-4-10-9(2,3)8-11-7(5-6-13)12-14-8/h10,13H,4-6H2,1-3H3. The van der Waals surface area contributed by atoms with Crippen molar-refractivity contribution in [3.05, 3.63) is 11.7 Å². The van der Waals surface area contributed by atoms with Gasteiger partial charge in [-0.1, -0.05) is 12.1 Å². The number of aromatic nitrogens is 2. The summed E-state index contributed by atoms with van der Waals surface area (Å²) in [5.41, 5.74) is -0.310. The van der Waals surface area contributed by atoms with Gasteiger partial charge in [-0.15, -0.1) is 0 Å². The minimum absolute atomic E-state index is 0.0423. The monoisotopic (exact) mass is 199 g/mol. The van der Waals surface area contributed by atoms with Crippen molar-refractivity contribution in [2.45, 2.75) is 32.7 Å². The van der Waals surface area contributed by atoms with Crippen LogP contribution in [0.25, 0.3) is 0 Å². The zero-order valence-corrected chi connectivity index (χ0v) is 8.87. The van der Waals surface area contributed by atoms with Crippen LogP contribution >= 0.6 is 0 Å². The van der Waals surface area contributed by atoms with Crippen LogP contribution in [0.15, 0.2) is 4.52 Å². The van der Waals surface area contributed by atoms with E-state index in [1.165, 1.54) is 0 Å². The summed E-state index contributed by atoms with van der Waals surface area (Å²) in [5.74, 6) is 1.11. The molecule has 5 nitrogen and oxygen atoms in total. The molecule has 2 N–H and O–H groups in total. The topological polar surface area (TPSA) is 71.2 Å². The van der Waals surface area contributed by atoms with Gasteiger partial charge in [0.2, 0.25) is 5.89 Å². The van der Waals surface area contributed by atoms with Crippen molar-refractivity contribution in [2.75, 3.05) is 13.2 Å². The fourth-order valence-electron chi connectivity index (χ4n) is 1.23. The molecule has 5 heteroatoms.